The summed E-state index contributed by atoms with van der Waals surface area (Å²) in [6.45, 7) is 1.02. The Morgan fingerprint density at radius 3 is 2.84 bits per heavy atom. The number of carbonyl (C=O) groups excluding carboxylic acids is 1. The predicted molar refractivity (Wildman–Crippen MR) is 69.8 cm³/mol. The van der Waals surface area contributed by atoms with Crippen molar-refractivity contribution in [2.75, 3.05) is 25.6 Å². The van der Waals surface area contributed by atoms with Gasteiger partial charge in [-0.15, -0.1) is 0 Å². The first kappa shape index (κ1) is 13.7. The number of aromatic nitrogens is 2. The maximum absolute atomic E-state index is 11.2. The van der Waals surface area contributed by atoms with Crippen LogP contribution in [0, 0.1) is 11.8 Å². The fourth-order valence-corrected chi connectivity index (χ4v) is 2.49. The summed E-state index contributed by atoms with van der Waals surface area (Å²) < 4.78 is 4.56. The molecular formula is C13H19N3O3. The van der Waals surface area contributed by atoms with E-state index >= 15 is 0 Å². The van der Waals surface area contributed by atoms with Gasteiger partial charge in [0.15, 0.2) is 5.69 Å². The zero-order valence-electron chi connectivity index (χ0n) is 11.0. The molecule has 1 heterocycles. The second-order valence-corrected chi connectivity index (χ2v) is 4.79. The number of methoxy groups -OCH3 is 1. The summed E-state index contributed by atoms with van der Waals surface area (Å²) in [5.41, 5.74) is 0.196. The number of carbonyl (C=O) groups is 1. The number of esters is 1. The first-order valence-electron chi connectivity index (χ1n) is 6.49. The van der Waals surface area contributed by atoms with Crippen LogP contribution in [0.4, 0.5) is 5.82 Å². The van der Waals surface area contributed by atoms with Gasteiger partial charge in [0, 0.05) is 13.2 Å². The van der Waals surface area contributed by atoms with E-state index in [-0.39, 0.29) is 12.3 Å². The SMILES string of the molecule is COC(=O)c1cnc(NCC2CCCC2CO)cn1. The zero-order valence-corrected chi connectivity index (χ0v) is 11.0. The number of hydrogen-bond acceptors (Lipinski definition) is 6. The Labute approximate surface area is 112 Å². The van der Waals surface area contributed by atoms with Crippen molar-refractivity contribution in [1.29, 1.82) is 0 Å². The Balaban J connectivity index is 1.88. The Kier molecular flexibility index (Phi) is 4.68. The summed E-state index contributed by atoms with van der Waals surface area (Å²) in [5.74, 6) is 1.01. The molecule has 1 aliphatic carbocycles. The summed E-state index contributed by atoms with van der Waals surface area (Å²) >= 11 is 0. The summed E-state index contributed by atoms with van der Waals surface area (Å²) in [7, 11) is 1.31. The lowest BCUT2D eigenvalue weighted by Gasteiger charge is -2.17. The molecule has 2 unspecified atom stereocenters. The van der Waals surface area contributed by atoms with Gasteiger partial charge < -0.3 is 15.2 Å². The summed E-state index contributed by atoms with van der Waals surface area (Å²) in [6, 6.07) is 0. The minimum atomic E-state index is -0.491. The highest BCUT2D eigenvalue weighted by atomic mass is 16.5. The number of rotatable bonds is 5. The van der Waals surface area contributed by atoms with Crippen LogP contribution in [0.2, 0.25) is 0 Å². The van der Waals surface area contributed by atoms with Gasteiger partial charge in [0.25, 0.3) is 0 Å². The van der Waals surface area contributed by atoms with Crippen LogP contribution in [0.25, 0.3) is 0 Å². The Morgan fingerprint density at radius 1 is 1.42 bits per heavy atom. The second-order valence-electron chi connectivity index (χ2n) is 4.79. The van der Waals surface area contributed by atoms with Crippen molar-refractivity contribution in [2.24, 2.45) is 11.8 Å². The molecular weight excluding hydrogens is 246 g/mol. The molecule has 6 heteroatoms. The lowest BCUT2D eigenvalue weighted by atomic mass is 9.97. The molecule has 1 fully saturated rings. The number of nitrogens with one attached hydrogen (secondary N) is 1. The van der Waals surface area contributed by atoms with Crippen molar-refractivity contribution in [3.8, 4) is 0 Å². The Hall–Kier alpha value is -1.69. The van der Waals surface area contributed by atoms with Crippen LogP contribution in [-0.4, -0.2) is 41.3 Å². The molecule has 1 aromatic heterocycles. The largest absolute Gasteiger partial charge is 0.464 e. The van der Waals surface area contributed by atoms with Crippen molar-refractivity contribution in [3.05, 3.63) is 18.1 Å². The van der Waals surface area contributed by atoms with Gasteiger partial charge in [-0.25, -0.2) is 14.8 Å². The molecule has 1 saturated carbocycles. The average molecular weight is 265 g/mol. The number of aliphatic hydroxyl groups excluding tert-OH is 1. The second kappa shape index (κ2) is 6.47. The molecule has 19 heavy (non-hydrogen) atoms. The van der Waals surface area contributed by atoms with Crippen LogP contribution < -0.4 is 5.32 Å². The van der Waals surface area contributed by atoms with Gasteiger partial charge in [0.2, 0.25) is 0 Å². The monoisotopic (exact) mass is 265 g/mol. The molecule has 0 aromatic carbocycles. The van der Waals surface area contributed by atoms with Crippen molar-refractivity contribution in [3.63, 3.8) is 0 Å². The van der Waals surface area contributed by atoms with Crippen LogP contribution in [-0.2, 0) is 4.74 Å². The van der Waals surface area contributed by atoms with Crippen molar-refractivity contribution >= 4 is 11.8 Å². The Morgan fingerprint density at radius 2 is 2.21 bits per heavy atom. The van der Waals surface area contributed by atoms with E-state index in [9.17, 15) is 9.90 Å². The fraction of sp³-hybridized carbons (Fsp3) is 0.615. The lowest BCUT2D eigenvalue weighted by Crippen LogP contribution is -2.21. The molecule has 0 radical (unpaired) electrons. The van der Waals surface area contributed by atoms with Gasteiger partial charge in [-0.05, 0) is 24.7 Å². The molecule has 0 aliphatic heterocycles. The molecule has 0 saturated heterocycles. The highest BCUT2D eigenvalue weighted by molar-refractivity contribution is 5.86. The van der Waals surface area contributed by atoms with E-state index < -0.39 is 5.97 Å². The van der Waals surface area contributed by atoms with Gasteiger partial charge in [-0.3, -0.25) is 0 Å². The molecule has 6 nitrogen and oxygen atoms in total. The maximum Gasteiger partial charge on any atom is 0.358 e. The van der Waals surface area contributed by atoms with Gasteiger partial charge in [-0.1, -0.05) is 6.42 Å². The molecule has 1 aliphatic rings. The highest BCUT2D eigenvalue weighted by Gasteiger charge is 2.26. The minimum Gasteiger partial charge on any atom is -0.464 e. The molecule has 2 atom stereocenters. The third-order valence-corrected chi connectivity index (χ3v) is 3.64. The minimum absolute atomic E-state index is 0.196. The van der Waals surface area contributed by atoms with E-state index in [1.54, 1.807) is 0 Å². The summed E-state index contributed by atoms with van der Waals surface area (Å²) in [6.07, 6.45) is 6.31. The molecule has 1 aromatic rings. The number of nitrogens with zero attached hydrogens (tertiary/aromatic N) is 2. The first-order chi connectivity index (χ1) is 9.24. The van der Waals surface area contributed by atoms with Crippen LogP contribution in [0.1, 0.15) is 29.8 Å². The van der Waals surface area contributed by atoms with E-state index in [0.29, 0.717) is 17.7 Å². The van der Waals surface area contributed by atoms with E-state index in [2.05, 4.69) is 20.0 Å². The van der Waals surface area contributed by atoms with Crippen LogP contribution in [0.5, 0.6) is 0 Å². The number of hydrogen-bond donors (Lipinski definition) is 2. The van der Waals surface area contributed by atoms with E-state index in [4.69, 9.17) is 0 Å². The van der Waals surface area contributed by atoms with Crippen LogP contribution >= 0.6 is 0 Å². The van der Waals surface area contributed by atoms with E-state index in [1.807, 2.05) is 0 Å². The quantitative estimate of drug-likeness (QED) is 0.775. The van der Waals surface area contributed by atoms with Gasteiger partial charge in [0.05, 0.1) is 19.5 Å². The third kappa shape index (κ3) is 3.41. The highest BCUT2D eigenvalue weighted by Crippen LogP contribution is 2.31. The van der Waals surface area contributed by atoms with Gasteiger partial charge >= 0.3 is 5.97 Å². The number of ether oxygens (including phenoxy) is 1. The average Bonchev–Trinajstić information content (AvgIpc) is 2.92. The van der Waals surface area contributed by atoms with E-state index in [1.165, 1.54) is 25.9 Å². The van der Waals surface area contributed by atoms with Crippen molar-refractivity contribution < 1.29 is 14.6 Å². The smallest absolute Gasteiger partial charge is 0.358 e. The maximum atomic E-state index is 11.2. The summed E-state index contributed by atoms with van der Waals surface area (Å²) in [4.78, 5) is 19.3. The van der Waals surface area contributed by atoms with Crippen LogP contribution in [0.3, 0.4) is 0 Å². The Bertz CT molecular complexity index is 422. The zero-order chi connectivity index (χ0) is 13.7. The van der Waals surface area contributed by atoms with E-state index in [0.717, 1.165) is 19.4 Å². The normalized spacial score (nSPS) is 22.2. The van der Waals surface area contributed by atoms with Gasteiger partial charge in [0.1, 0.15) is 5.82 Å². The van der Waals surface area contributed by atoms with Crippen molar-refractivity contribution in [1.82, 2.24) is 9.97 Å². The topological polar surface area (TPSA) is 84.3 Å². The van der Waals surface area contributed by atoms with Crippen LogP contribution in [0.15, 0.2) is 12.4 Å². The molecule has 2 rings (SSSR count). The third-order valence-electron chi connectivity index (χ3n) is 3.64. The molecule has 0 bridgehead atoms. The fourth-order valence-electron chi connectivity index (χ4n) is 2.49. The first-order valence-corrected chi connectivity index (χ1v) is 6.49. The molecule has 0 spiro atoms. The predicted octanol–water partition coefficient (Wildman–Crippen LogP) is 1.08. The molecule has 2 N–H and O–H groups in total. The number of anilines is 1. The molecule has 0 amide bonds. The van der Waals surface area contributed by atoms with Crippen molar-refractivity contribution in [2.45, 2.75) is 19.3 Å². The van der Waals surface area contributed by atoms with Gasteiger partial charge in [-0.2, -0.15) is 0 Å². The molecule has 104 valence electrons. The lowest BCUT2D eigenvalue weighted by molar-refractivity contribution is 0.0593. The summed E-state index contributed by atoms with van der Waals surface area (Å²) in [5, 5.41) is 12.4. The standard InChI is InChI=1S/C13H19N3O3/c1-19-13(18)11-6-16-12(7-14-11)15-5-9-3-2-4-10(9)8-17/h6-7,9-10,17H,2-5,8H2,1H3,(H,15,16). The number of aliphatic hydroxyl groups is 1.